The fraction of sp³-hybridized carbons (Fsp3) is 0.600. The number of hydrogen-bond donors (Lipinski definition) is 2. The highest BCUT2D eigenvalue weighted by Gasteiger charge is 2.25. The number of benzene rings is 1. The van der Waals surface area contributed by atoms with E-state index in [-0.39, 0.29) is 11.8 Å². The van der Waals surface area contributed by atoms with E-state index >= 15 is 0 Å². The van der Waals surface area contributed by atoms with Crippen LogP contribution in [0.1, 0.15) is 49.9 Å². The summed E-state index contributed by atoms with van der Waals surface area (Å²) < 4.78 is 0. The number of anilines is 1. The molecule has 0 radical (unpaired) electrons. The van der Waals surface area contributed by atoms with E-state index in [4.69, 9.17) is 0 Å². The molecule has 1 saturated heterocycles. The van der Waals surface area contributed by atoms with E-state index in [9.17, 15) is 9.59 Å². The van der Waals surface area contributed by atoms with E-state index in [1.54, 1.807) is 12.1 Å². The molecule has 3 rings (SSSR count). The van der Waals surface area contributed by atoms with E-state index in [1.165, 1.54) is 6.42 Å². The average molecular weight is 343 g/mol. The molecule has 1 heterocycles. The van der Waals surface area contributed by atoms with Gasteiger partial charge in [-0.25, -0.2) is 0 Å². The molecule has 0 spiro atoms. The number of carbonyl (C=O) groups is 2. The number of rotatable bonds is 6. The lowest BCUT2D eigenvalue weighted by molar-refractivity contribution is -0.116. The van der Waals surface area contributed by atoms with Crippen molar-refractivity contribution in [2.45, 2.75) is 45.6 Å². The Balaban J connectivity index is 1.53. The Labute approximate surface area is 150 Å². The Morgan fingerprint density at radius 3 is 2.48 bits per heavy atom. The zero-order valence-corrected chi connectivity index (χ0v) is 15.3. The van der Waals surface area contributed by atoms with Crippen LogP contribution in [0.15, 0.2) is 24.3 Å². The van der Waals surface area contributed by atoms with Gasteiger partial charge in [0.2, 0.25) is 5.91 Å². The molecule has 25 heavy (non-hydrogen) atoms. The molecule has 1 aliphatic carbocycles. The molecule has 2 aliphatic rings. The van der Waals surface area contributed by atoms with E-state index in [1.807, 2.05) is 12.1 Å². The number of piperidine rings is 1. The summed E-state index contributed by atoms with van der Waals surface area (Å²) in [5.74, 6) is 1.26. The lowest BCUT2D eigenvalue weighted by Gasteiger charge is -2.34. The summed E-state index contributed by atoms with van der Waals surface area (Å²) >= 11 is 0. The van der Waals surface area contributed by atoms with Crippen LogP contribution in [0.5, 0.6) is 0 Å². The number of amides is 2. The van der Waals surface area contributed by atoms with E-state index in [0.717, 1.165) is 32.5 Å². The number of carbonyl (C=O) groups excluding carboxylic acids is 2. The summed E-state index contributed by atoms with van der Waals surface area (Å²) in [4.78, 5) is 27.0. The molecule has 1 saturated carbocycles. The van der Waals surface area contributed by atoms with E-state index < -0.39 is 0 Å². The van der Waals surface area contributed by atoms with Crippen molar-refractivity contribution in [1.82, 2.24) is 10.2 Å². The molecule has 0 aromatic heterocycles. The third kappa shape index (κ3) is 5.30. The summed E-state index contributed by atoms with van der Waals surface area (Å²) in [6.45, 7) is 7.46. The zero-order chi connectivity index (χ0) is 17.8. The number of nitrogens with one attached hydrogen (secondary N) is 2. The van der Waals surface area contributed by atoms with Crippen molar-refractivity contribution < 1.29 is 9.59 Å². The van der Waals surface area contributed by atoms with Crippen LogP contribution >= 0.6 is 0 Å². The van der Waals surface area contributed by atoms with Crippen LogP contribution in [0, 0.1) is 11.8 Å². The second-order valence-electron chi connectivity index (χ2n) is 7.80. The molecule has 2 atom stereocenters. The third-order valence-electron chi connectivity index (χ3n) is 4.96. The minimum atomic E-state index is -0.0999. The molecule has 1 aliphatic heterocycles. The molecule has 1 aromatic rings. The minimum Gasteiger partial charge on any atom is -0.349 e. The first-order valence-electron chi connectivity index (χ1n) is 9.43. The molecular weight excluding hydrogens is 314 g/mol. The minimum absolute atomic E-state index is 0.0300. The number of hydrogen-bond acceptors (Lipinski definition) is 3. The topological polar surface area (TPSA) is 61.4 Å². The predicted molar refractivity (Wildman–Crippen MR) is 99.6 cm³/mol. The predicted octanol–water partition coefficient (Wildman–Crippen LogP) is 2.89. The Morgan fingerprint density at radius 1 is 1.12 bits per heavy atom. The molecular formula is C20H29N3O2. The monoisotopic (exact) mass is 343 g/mol. The fourth-order valence-electron chi connectivity index (χ4n) is 3.73. The molecule has 0 bridgehead atoms. The summed E-state index contributed by atoms with van der Waals surface area (Å²) in [5.41, 5.74) is 1.15. The largest absolute Gasteiger partial charge is 0.349 e. The van der Waals surface area contributed by atoms with Gasteiger partial charge in [0.25, 0.3) is 5.91 Å². The van der Waals surface area contributed by atoms with Crippen molar-refractivity contribution in [2.24, 2.45) is 11.8 Å². The third-order valence-corrected chi connectivity index (χ3v) is 4.96. The SMILES string of the molecule is CC1CC(C)CN(CCC(=O)Nc2ccccc2C(=O)NC2CC2)C1. The number of likely N-dealkylation sites (tertiary alicyclic amines) is 1. The summed E-state index contributed by atoms with van der Waals surface area (Å²) in [5, 5.41) is 5.90. The zero-order valence-electron chi connectivity index (χ0n) is 15.3. The van der Waals surface area contributed by atoms with Crippen molar-refractivity contribution in [3.8, 4) is 0 Å². The highest BCUT2D eigenvalue weighted by molar-refractivity contribution is 6.03. The molecule has 1 aromatic carbocycles. The Hall–Kier alpha value is -1.88. The normalized spacial score (nSPS) is 23.9. The van der Waals surface area contributed by atoms with Gasteiger partial charge in [-0.2, -0.15) is 0 Å². The van der Waals surface area contributed by atoms with Gasteiger partial charge < -0.3 is 15.5 Å². The van der Waals surface area contributed by atoms with Gasteiger partial charge in [0, 0.05) is 32.1 Å². The Morgan fingerprint density at radius 2 is 1.80 bits per heavy atom. The van der Waals surface area contributed by atoms with Crippen LogP contribution in [0.25, 0.3) is 0 Å². The van der Waals surface area contributed by atoms with E-state index in [0.29, 0.717) is 35.5 Å². The van der Waals surface area contributed by atoms with Gasteiger partial charge in [0.1, 0.15) is 0 Å². The van der Waals surface area contributed by atoms with E-state index in [2.05, 4.69) is 29.4 Å². The Bertz CT molecular complexity index is 617. The number of para-hydroxylation sites is 1. The van der Waals surface area contributed by atoms with Crippen LogP contribution in [0.4, 0.5) is 5.69 Å². The molecule has 2 fully saturated rings. The molecule has 2 N–H and O–H groups in total. The molecule has 2 unspecified atom stereocenters. The second kappa shape index (κ2) is 8.00. The summed E-state index contributed by atoms with van der Waals surface area (Å²) in [6.07, 6.45) is 3.82. The van der Waals surface area contributed by atoms with Crippen molar-refractivity contribution in [1.29, 1.82) is 0 Å². The van der Waals surface area contributed by atoms with Gasteiger partial charge in [-0.1, -0.05) is 26.0 Å². The molecule has 2 amide bonds. The summed E-state index contributed by atoms with van der Waals surface area (Å²) in [7, 11) is 0. The van der Waals surface area contributed by atoms with Crippen molar-refractivity contribution in [3.63, 3.8) is 0 Å². The first kappa shape index (κ1) is 17.9. The van der Waals surface area contributed by atoms with Gasteiger partial charge in [0.15, 0.2) is 0 Å². The van der Waals surface area contributed by atoms with Crippen molar-refractivity contribution in [3.05, 3.63) is 29.8 Å². The highest BCUT2D eigenvalue weighted by atomic mass is 16.2. The standard InChI is InChI=1S/C20H29N3O2/c1-14-11-15(2)13-23(12-14)10-9-19(24)22-18-6-4-3-5-17(18)20(25)21-16-7-8-16/h3-6,14-16H,7-13H2,1-2H3,(H,21,25)(H,22,24). The highest BCUT2D eigenvalue weighted by Crippen LogP contribution is 2.22. The first-order valence-corrected chi connectivity index (χ1v) is 9.43. The number of nitrogens with zero attached hydrogens (tertiary/aromatic N) is 1. The van der Waals surface area contributed by atoms with Gasteiger partial charge in [0.05, 0.1) is 11.3 Å². The van der Waals surface area contributed by atoms with Crippen molar-refractivity contribution >= 4 is 17.5 Å². The summed E-state index contributed by atoms with van der Waals surface area (Å²) in [6, 6.07) is 7.54. The molecule has 5 heteroatoms. The molecule has 5 nitrogen and oxygen atoms in total. The maximum Gasteiger partial charge on any atom is 0.253 e. The van der Waals surface area contributed by atoms with Crippen LogP contribution in [0.2, 0.25) is 0 Å². The maximum absolute atomic E-state index is 12.4. The van der Waals surface area contributed by atoms with Crippen LogP contribution in [-0.2, 0) is 4.79 Å². The van der Waals surface area contributed by atoms with Gasteiger partial charge in [-0.05, 0) is 43.2 Å². The smallest absolute Gasteiger partial charge is 0.253 e. The Kier molecular flexibility index (Phi) is 5.74. The van der Waals surface area contributed by atoms with Gasteiger partial charge in [-0.15, -0.1) is 0 Å². The van der Waals surface area contributed by atoms with Crippen LogP contribution in [-0.4, -0.2) is 42.4 Å². The lowest BCUT2D eigenvalue weighted by atomic mass is 9.92. The van der Waals surface area contributed by atoms with Gasteiger partial charge in [-0.3, -0.25) is 9.59 Å². The quantitative estimate of drug-likeness (QED) is 0.835. The van der Waals surface area contributed by atoms with Crippen LogP contribution < -0.4 is 10.6 Å². The second-order valence-corrected chi connectivity index (χ2v) is 7.80. The average Bonchev–Trinajstić information content (AvgIpc) is 3.36. The lowest BCUT2D eigenvalue weighted by Crippen LogP contribution is -2.40. The van der Waals surface area contributed by atoms with Crippen molar-refractivity contribution in [2.75, 3.05) is 25.0 Å². The molecule has 136 valence electrons. The fourth-order valence-corrected chi connectivity index (χ4v) is 3.73. The first-order chi connectivity index (χ1) is 12.0. The van der Waals surface area contributed by atoms with Gasteiger partial charge >= 0.3 is 0 Å². The van der Waals surface area contributed by atoms with Crippen LogP contribution in [0.3, 0.4) is 0 Å². The maximum atomic E-state index is 12.4.